The van der Waals surface area contributed by atoms with Gasteiger partial charge in [-0.1, -0.05) is 31.6 Å². The van der Waals surface area contributed by atoms with Gasteiger partial charge in [-0.15, -0.1) is 0 Å². The minimum atomic E-state index is -0.474. The van der Waals surface area contributed by atoms with Crippen molar-refractivity contribution in [3.63, 3.8) is 0 Å². The summed E-state index contributed by atoms with van der Waals surface area (Å²) in [4.78, 5) is 26.7. The Morgan fingerprint density at radius 3 is 2.81 bits per heavy atom. The Bertz CT molecular complexity index is 862. The Morgan fingerprint density at radius 1 is 1.25 bits per heavy atom. The van der Waals surface area contributed by atoms with Gasteiger partial charge in [0.1, 0.15) is 30.6 Å². The fraction of sp³-hybridized carbons (Fsp3) is 0.520. The van der Waals surface area contributed by atoms with Crippen molar-refractivity contribution >= 4 is 11.9 Å². The van der Waals surface area contributed by atoms with E-state index >= 15 is 0 Å². The van der Waals surface area contributed by atoms with E-state index < -0.39 is 12.0 Å². The van der Waals surface area contributed by atoms with E-state index in [4.69, 9.17) is 18.9 Å². The van der Waals surface area contributed by atoms with Crippen LogP contribution in [-0.2, 0) is 28.5 Å². The fourth-order valence-corrected chi connectivity index (χ4v) is 4.34. The van der Waals surface area contributed by atoms with Crippen molar-refractivity contribution in [3.8, 4) is 0 Å². The third-order valence-corrected chi connectivity index (χ3v) is 6.11. The number of carbonyl (C=O) groups is 2. The standard InChI is InChI=1S/C25H31NO6/c1-18(25(28)32-20-10-6-3-7-11-20)15-26-16-21(14-23(26)27)31-24(19-8-4-2-5-9-19)22-17-29-12-13-30-22/h2,4,8,12-14,17-18,20,24H,3,5-7,9-11,15-16H2,1H3/t18-,24-/m0/s1. The van der Waals surface area contributed by atoms with Gasteiger partial charge in [-0.05, 0) is 44.1 Å². The molecule has 1 saturated carbocycles. The van der Waals surface area contributed by atoms with Crippen molar-refractivity contribution in [2.24, 2.45) is 5.92 Å². The quantitative estimate of drug-likeness (QED) is 0.525. The molecule has 7 nitrogen and oxygen atoms in total. The van der Waals surface area contributed by atoms with E-state index in [1.54, 1.807) is 4.90 Å². The Balaban J connectivity index is 1.34. The molecule has 0 aromatic carbocycles. The monoisotopic (exact) mass is 441 g/mol. The van der Waals surface area contributed by atoms with E-state index in [1.807, 2.05) is 19.1 Å². The van der Waals surface area contributed by atoms with Gasteiger partial charge in [0.05, 0.1) is 12.5 Å². The van der Waals surface area contributed by atoms with Crippen LogP contribution in [0.5, 0.6) is 0 Å². The van der Waals surface area contributed by atoms with Crippen LogP contribution in [0.25, 0.3) is 0 Å². The number of carbonyl (C=O) groups excluding carboxylic acids is 2. The number of allylic oxidation sites excluding steroid dienone is 3. The van der Waals surface area contributed by atoms with Crippen LogP contribution in [0.15, 0.2) is 60.2 Å². The highest BCUT2D eigenvalue weighted by Crippen LogP contribution is 2.29. The third-order valence-electron chi connectivity index (χ3n) is 6.11. The number of hydrogen-bond acceptors (Lipinski definition) is 6. The minimum absolute atomic E-state index is 0.0172. The fourth-order valence-electron chi connectivity index (χ4n) is 4.34. The summed E-state index contributed by atoms with van der Waals surface area (Å²) in [7, 11) is 0. The second kappa shape index (κ2) is 10.6. The summed E-state index contributed by atoms with van der Waals surface area (Å²) >= 11 is 0. The van der Waals surface area contributed by atoms with Crippen molar-refractivity contribution in [2.75, 3.05) is 13.1 Å². The molecule has 1 amide bonds. The average Bonchev–Trinajstić information content (AvgIpc) is 3.17. The summed E-state index contributed by atoms with van der Waals surface area (Å²) in [5.74, 6) is 0.287. The van der Waals surface area contributed by atoms with Gasteiger partial charge in [0.15, 0.2) is 11.9 Å². The second-order valence-corrected chi connectivity index (χ2v) is 8.68. The van der Waals surface area contributed by atoms with Crippen LogP contribution in [-0.4, -0.2) is 42.1 Å². The van der Waals surface area contributed by atoms with Crippen molar-refractivity contribution in [2.45, 2.75) is 64.1 Å². The Hall–Kier alpha value is -2.96. The molecule has 0 radical (unpaired) electrons. The second-order valence-electron chi connectivity index (χ2n) is 8.68. The van der Waals surface area contributed by atoms with Gasteiger partial charge in [0, 0.05) is 12.6 Å². The number of ether oxygens (including phenoxy) is 4. The first-order valence-electron chi connectivity index (χ1n) is 11.5. The average molecular weight is 442 g/mol. The highest BCUT2D eigenvalue weighted by molar-refractivity contribution is 5.91. The molecule has 0 aromatic heterocycles. The van der Waals surface area contributed by atoms with Gasteiger partial charge >= 0.3 is 5.97 Å². The molecular formula is C25H31NO6. The molecule has 0 aromatic rings. The van der Waals surface area contributed by atoms with E-state index in [0.717, 1.165) is 44.1 Å². The summed E-state index contributed by atoms with van der Waals surface area (Å²) in [5.41, 5.74) is 1.05. The van der Waals surface area contributed by atoms with E-state index in [2.05, 4.69) is 6.08 Å². The van der Waals surface area contributed by atoms with Gasteiger partial charge in [-0.3, -0.25) is 9.59 Å². The van der Waals surface area contributed by atoms with E-state index in [1.165, 1.54) is 31.3 Å². The number of amides is 1. The predicted molar refractivity (Wildman–Crippen MR) is 118 cm³/mol. The van der Waals surface area contributed by atoms with Gasteiger partial charge < -0.3 is 23.8 Å². The molecule has 172 valence electrons. The largest absolute Gasteiger partial charge is 0.480 e. The Kier molecular flexibility index (Phi) is 7.35. The zero-order valence-corrected chi connectivity index (χ0v) is 18.5. The zero-order chi connectivity index (χ0) is 22.3. The molecule has 4 aliphatic rings. The van der Waals surface area contributed by atoms with Crippen LogP contribution in [0.3, 0.4) is 0 Å². The zero-order valence-electron chi connectivity index (χ0n) is 18.5. The highest BCUT2D eigenvalue weighted by Gasteiger charge is 2.32. The number of rotatable bonds is 8. The highest BCUT2D eigenvalue weighted by atomic mass is 16.6. The molecule has 0 bridgehead atoms. The van der Waals surface area contributed by atoms with Gasteiger partial charge in [0.25, 0.3) is 0 Å². The minimum Gasteiger partial charge on any atom is -0.480 e. The molecule has 0 saturated heterocycles. The van der Waals surface area contributed by atoms with Crippen molar-refractivity contribution in [3.05, 3.63) is 60.2 Å². The van der Waals surface area contributed by atoms with E-state index in [0.29, 0.717) is 24.6 Å². The lowest BCUT2D eigenvalue weighted by Crippen LogP contribution is -2.36. The van der Waals surface area contributed by atoms with Gasteiger partial charge in [-0.2, -0.15) is 0 Å². The summed E-state index contributed by atoms with van der Waals surface area (Å²) < 4.78 is 22.8. The lowest BCUT2D eigenvalue weighted by atomic mass is 9.97. The Morgan fingerprint density at radius 2 is 2.09 bits per heavy atom. The lowest BCUT2D eigenvalue weighted by Gasteiger charge is -2.27. The molecule has 2 aliphatic heterocycles. The summed E-state index contributed by atoms with van der Waals surface area (Å²) in [6.07, 6.45) is 18.6. The SMILES string of the molecule is C[C@@H](CN1CC(O[C@@H](C2=CC=CCC2)C2=COC=CO2)=CC1=O)C(=O)OC1CCCCC1. The number of hydrogen-bond donors (Lipinski definition) is 0. The Labute approximate surface area is 189 Å². The van der Waals surface area contributed by atoms with Gasteiger partial charge in [-0.25, -0.2) is 0 Å². The molecule has 0 N–H and O–H groups in total. The summed E-state index contributed by atoms with van der Waals surface area (Å²) in [6.45, 7) is 2.42. The molecule has 4 rings (SSSR count). The summed E-state index contributed by atoms with van der Waals surface area (Å²) in [6, 6.07) is 0. The van der Waals surface area contributed by atoms with Crippen molar-refractivity contribution < 1.29 is 28.5 Å². The van der Waals surface area contributed by atoms with Crippen LogP contribution >= 0.6 is 0 Å². The molecule has 0 spiro atoms. The lowest BCUT2D eigenvalue weighted by molar-refractivity contribution is -0.155. The molecule has 7 heteroatoms. The van der Waals surface area contributed by atoms with Crippen molar-refractivity contribution in [1.29, 1.82) is 0 Å². The van der Waals surface area contributed by atoms with Crippen molar-refractivity contribution in [1.82, 2.24) is 4.90 Å². The topological polar surface area (TPSA) is 74.3 Å². The van der Waals surface area contributed by atoms with Crippen LogP contribution in [0, 0.1) is 5.92 Å². The van der Waals surface area contributed by atoms with Crippen LogP contribution < -0.4 is 0 Å². The molecule has 32 heavy (non-hydrogen) atoms. The smallest absolute Gasteiger partial charge is 0.310 e. The van der Waals surface area contributed by atoms with Gasteiger partial charge in [0.2, 0.25) is 5.91 Å². The molecular weight excluding hydrogens is 410 g/mol. The predicted octanol–water partition coefficient (Wildman–Crippen LogP) is 4.25. The maximum atomic E-state index is 12.6. The number of nitrogens with zero attached hydrogens (tertiary/aromatic N) is 1. The first-order chi connectivity index (χ1) is 15.6. The normalized spacial score (nSPS) is 22.8. The third kappa shape index (κ3) is 5.64. The van der Waals surface area contributed by atoms with Crippen LogP contribution in [0.2, 0.25) is 0 Å². The van der Waals surface area contributed by atoms with E-state index in [-0.39, 0.29) is 18.0 Å². The van der Waals surface area contributed by atoms with Crippen LogP contribution in [0.1, 0.15) is 51.9 Å². The molecule has 2 atom stereocenters. The maximum Gasteiger partial charge on any atom is 0.310 e. The van der Waals surface area contributed by atoms with E-state index in [9.17, 15) is 9.59 Å². The molecule has 2 aliphatic carbocycles. The first kappa shape index (κ1) is 22.2. The maximum absolute atomic E-state index is 12.6. The first-order valence-corrected chi connectivity index (χ1v) is 11.5. The number of esters is 1. The van der Waals surface area contributed by atoms with Crippen LogP contribution in [0.4, 0.5) is 0 Å². The molecule has 2 heterocycles. The molecule has 0 unspecified atom stereocenters. The molecule has 1 fully saturated rings. The summed E-state index contributed by atoms with van der Waals surface area (Å²) in [5, 5.41) is 0.